The predicted molar refractivity (Wildman–Crippen MR) is 112 cm³/mol. The standard InChI is InChI=1S/C20H21Br2NO4/c1-2-3-4-11-26-16-8-5-14(6-9-16)20(25)27-13-19(24)23-18-10-7-15(21)12-17(18)22/h5-10,12H,2-4,11,13H2,1H3,(H,23,24). The Kier molecular flexibility index (Phi) is 8.81. The number of carbonyl (C=O) groups excluding carboxylic acids is 2. The van der Waals surface area contributed by atoms with E-state index in [-0.39, 0.29) is 6.61 Å². The van der Waals surface area contributed by atoms with Gasteiger partial charge in [-0.05, 0) is 64.8 Å². The van der Waals surface area contributed by atoms with E-state index in [1.807, 2.05) is 6.07 Å². The van der Waals surface area contributed by atoms with Gasteiger partial charge in [0, 0.05) is 8.95 Å². The zero-order chi connectivity index (χ0) is 19.6. The van der Waals surface area contributed by atoms with Crippen molar-refractivity contribution in [1.29, 1.82) is 0 Å². The third kappa shape index (κ3) is 7.34. The van der Waals surface area contributed by atoms with Gasteiger partial charge >= 0.3 is 5.97 Å². The number of hydrogen-bond donors (Lipinski definition) is 1. The van der Waals surface area contributed by atoms with Crippen molar-refractivity contribution in [2.45, 2.75) is 26.2 Å². The number of rotatable bonds is 9. The summed E-state index contributed by atoms with van der Waals surface area (Å²) < 4.78 is 12.3. The molecule has 7 heteroatoms. The summed E-state index contributed by atoms with van der Waals surface area (Å²) in [6.45, 7) is 2.43. The maximum Gasteiger partial charge on any atom is 0.338 e. The highest BCUT2D eigenvalue weighted by molar-refractivity contribution is 9.11. The summed E-state index contributed by atoms with van der Waals surface area (Å²) in [6.07, 6.45) is 3.27. The second-order valence-corrected chi connectivity index (χ2v) is 7.60. The molecule has 0 fully saturated rings. The third-order valence-electron chi connectivity index (χ3n) is 3.65. The minimum atomic E-state index is -0.558. The molecule has 0 aliphatic heterocycles. The third-order valence-corrected chi connectivity index (χ3v) is 4.80. The van der Waals surface area contributed by atoms with Gasteiger partial charge in [-0.1, -0.05) is 35.7 Å². The molecule has 0 unspecified atom stereocenters. The molecule has 0 saturated carbocycles. The van der Waals surface area contributed by atoms with Gasteiger partial charge in [0.2, 0.25) is 0 Å². The van der Waals surface area contributed by atoms with Gasteiger partial charge in [-0.25, -0.2) is 4.79 Å². The van der Waals surface area contributed by atoms with E-state index in [1.165, 1.54) is 0 Å². The van der Waals surface area contributed by atoms with Gasteiger partial charge in [-0.3, -0.25) is 4.79 Å². The van der Waals surface area contributed by atoms with Crippen molar-refractivity contribution in [2.75, 3.05) is 18.5 Å². The SMILES string of the molecule is CCCCCOc1ccc(C(=O)OCC(=O)Nc2ccc(Br)cc2Br)cc1. The van der Waals surface area contributed by atoms with Crippen LogP contribution in [-0.2, 0) is 9.53 Å². The average Bonchev–Trinajstić information content (AvgIpc) is 2.66. The Balaban J connectivity index is 1.79. The summed E-state index contributed by atoms with van der Waals surface area (Å²) in [5.74, 6) is -0.264. The van der Waals surface area contributed by atoms with E-state index >= 15 is 0 Å². The number of amides is 1. The van der Waals surface area contributed by atoms with E-state index in [1.54, 1.807) is 36.4 Å². The molecule has 0 aliphatic rings. The minimum Gasteiger partial charge on any atom is -0.494 e. The molecule has 1 N–H and O–H groups in total. The molecule has 2 aromatic rings. The maximum atomic E-state index is 12.1. The molecule has 144 valence electrons. The van der Waals surface area contributed by atoms with Crippen LogP contribution in [0.5, 0.6) is 5.75 Å². The summed E-state index contributed by atoms with van der Waals surface area (Å²) in [5.41, 5.74) is 0.970. The van der Waals surface area contributed by atoms with Gasteiger partial charge < -0.3 is 14.8 Å². The quantitative estimate of drug-likeness (QED) is 0.362. The summed E-state index contributed by atoms with van der Waals surface area (Å²) in [6, 6.07) is 12.1. The monoisotopic (exact) mass is 497 g/mol. The van der Waals surface area contributed by atoms with Gasteiger partial charge in [-0.2, -0.15) is 0 Å². The molecule has 5 nitrogen and oxygen atoms in total. The lowest BCUT2D eigenvalue weighted by atomic mass is 10.2. The van der Waals surface area contributed by atoms with Crippen molar-refractivity contribution in [3.63, 3.8) is 0 Å². The van der Waals surface area contributed by atoms with E-state index in [4.69, 9.17) is 9.47 Å². The van der Waals surface area contributed by atoms with Crippen molar-refractivity contribution < 1.29 is 19.1 Å². The number of nitrogens with one attached hydrogen (secondary N) is 1. The summed E-state index contributed by atoms with van der Waals surface area (Å²) >= 11 is 6.70. The minimum absolute atomic E-state index is 0.364. The van der Waals surface area contributed by atoms with Crippen LogP contribution in [0.1, 0.15) is 36.5 Å². The predicted octanol–water partition coefficient (Wildman–Crippen LogP) is 5.58. The van der Waals surface area contributed by atoms with Gasteiger partial charge in [0.15, 0.2) is 6.61 Å². The second kappa shape index (κ2) is 11.1. The molecule has 0 atom stereocenters. The highest BCUT2D eigenvalue weighted by atomic mass is 79.9. The molecule has 0 aromatic heterocycles. The second-order valence-electron chi connectivity index (χ2n) is 5.83. The van der Waals surface area contributed by atoms with Crippen molar-refractivity contribution >= 4 is 49.4 Å². The first-order valence-electron chi connectivity index (χ1n) is 8.64. The van der Waals surface area contributed by atoms with Gasteiger partial charge in [0.05, 0.1) is 17.9 Å². The van der Waals surface area contributed by atoms with E-state index in [9.17, 15) is 9.59 Å². The molecule has 0 bridgehead atoms. The van der Waals surface area contributed by atoms with E-state index in [2.05, 4.69) is 44.1 Å². The van der Waals surface area contributed by atoms with Crippen LogP contribution in [0.4, 0.5) is 5.69 Å². The number of esters is 1. The van der Waals surface area contributed by atoms with Gasteiger partial charge in [0.1, 0.15) is 5.75 Å². The first-order chi connectivity index (χ1) is 13.0. The number of hydrogen-bond acceptors (Lipinski definition) is 4. The maximum absolute atomic E-state index is 12.1. The number of unbranched alkanes of at least 4 members (excludes halogenated alkanes) is 2. The Morgan fingerprint density at radius 2 is 1.78 bits per heavy atom. The van der Waals surface area contributed by atoms with E-state index in [0.717, 1.165) is 28.2 Å². The molecule has 1 amide bonds. The topological polar surface area (TPSA) is 64.6 Å². The molecular formula is C20H21Br2NO4. The van der Waals surface area contributed by atoms with Crippen molar-refractivity contribution in [1.82, 2.24) is 0 Å². The molecule has 0 aliphatic carbocycles. The summed E-state index contributed by atoms with van der Waals surface area (Å²) in [5, 5.41) is 2.68. The summed E-state index contributed by atoms with van der Waals surface area (Å²) in [4.78, 5) is 24.0. The Bertz CT molecular complexity index is 778. The molecular weight excluding hydrogens is 478 g/mol. The molecule has 0 saturated heterocycles. The number of benzene rings is 2. The lowest BCUT2D eigenvalue weighted by Gasteiger charge is -2.09. The lowest BCUT2D eigenvalue weighted by molar-refractivity contribution is -0.119. The fourth-order valence-electron chi connectivity index (χ4n) is 2.22. The number of ether oxygens (including phenoxy) is 2. The molecule has 27 heavy (non-hydrogen) atoms. The van der Waals surface area contributed by atoms with Crippen LogP contribution in [0.25, 0.3) is 0 Å². The number of halogens is 2. The van der Waals surface area contributed by atoms with Crippen LogP contribution in [0.2, 0.25) is 0 Å². The first-order valence-corrected chi connectivity index (χ1v) is 10.2. The van der Waals surface area contributed by atoms with Crippen LogP contribution >= 0.6 is 31.9 Å². The lowest BCUT2D eigenvalue weighted by Crippen LogP contribution is -2.21. The number of anilines is 1. The Morgan fingerprint density at radius 1 is 1.04 bits per heavy atom. The molecule has 2 aromatic carbocycles. The van der Waals surface area contributed by atoms with Crippen LogP contribution in [0, 0.1) is 0 Å². The highest BCUT2D eigenvalue weighted by Crippen LogP contribution is 2.26. The first kappa shape index (κ1) is 21.4. The molecule has 2 rings (SSSR count). The van der Waals surface area contributed by atoms with Crippen molar-refractivity contribution in [3.8, 4) is 5.75 Å². The highest BCUT2D eigenvalue weighted by Gasteiger charge is 2.12. The summed E-state index contributed by atoms with van der Waals surface area (Å²) in [7, 11) is 0. The van der Waals surface area contributed by atoms with Crippen molar-refractivity contribution in [3.05, 3.63) is 57.0 Å². The normalized spacial score (nSPS) is 10.3. The van der Waals surface area contributed by atoms with Gasteiger partial charge in [-0.15, -0.1) is 0 Å². The largest absolute Gasteiger partial charge is 0.494 e. The average molecular weight is 499 g/mol. The van der Waals surface area contributed by atoms with Crippen molar-refractivity contribution in [2.24, 2.45) is 0 Å². The molecule has 0 radical (unpaired) electrons. The fourth-order valence-corrected chi connectivity index (χ4v) is 3.37. The van der Waals surface area contributed by atoms with E-state index < -0.39 is 11.9 Å². The molecule has 0 heterocycles. The van der Waals surface area contributed by atoms with Crippen LogP contribution in [-0.4, -0.2) is 25.1 Å². The van der Waals surface area contributed by atoms with Crippen LogP contribution < -0.4 is 10.1 Å². The number of carbonyl (C=O) groups is 2. The zero-order valence-corrected chi connectivity index (χ0v) is 18.1. The Morgan fingerprint density at radius 3 is 2.44 bits per heavy atom. The fraction of sp³-hybridized carbons (Fsp3) is 0.300. The van der Waals surface area contributed by atoms with Gasteiger partial charge in [0.25, 0.3) is 5.91 Å². The smallest absolute Gasteiger partial charge is 0.338 e. The Hall–Kier alpha value is -1.86. The van der Waals surface area contributed by atoms with E-state index in [0.29, 0.717) is 23.6 Å². The van der Waals surface area contributed by atoms with Crippen LogP contribution in [0.15, 0.2) is 51.4 Å². The van der Waals surface area contributed by atoms with Crippen LogP contribution in [0.3, 0.4) is 0 Å². The molecule has 0 spiro atoms. The zero-order valence-electron chi connectivity index (χ0n) is 15.0. The Labute approximate surface area is 175 Å².